The van der Waals surface area contributed by atoms with Crippen molar-refractivity contribution in [3.05, 3.63) is 45.7 Å². The second kappa shape index (κ2) is 10.4. The Morgan fingerprint density at radius 1 is 1.07 bits per heavy atom. The van der Waals surface area contributed by atoms with Gasteiger partial charge in [0, 0.05) is 18.9 Å². The first kappa shape index (κ1) is 22.8. The lowest BCUT2D eigenvalue weighted by atomic mass is 10.2. The summed E-state index contributed by atoms with van der Waals surface area (Å²) in [5.74, 6) is -2.46. The Hall–Kier alpha value is -3.46. The van der Waals surface area contributed by atoms with Gasteiger partial charge < -0.3 is 19.9 Å². The summed E-state index contributed by atoms with van der Waals surface area (Å²) in [6, 6.07) is 4.52. The molecule has 158 valence electrons. The van der Waals surface area contributed by atoms with Crippen LogP contribution in [0.1, 0.15) is 47.5 Å². The zero-order valence-corrected chi connectivity index (χ0v) is 17.5. The number of carboxylic acids is 1. The summed E-state index contributed by atoms with van der Waals surface area (Å²) >= 11 is 1.03. The average Bonchev–Trinajstić information content (AvgIpc) is 3.08. The van der Waals surface area contributed by atoms with E-state index in [2.05, 4.69) is 5.32 Å². The van der Waals surface area contributed by atoms with Crippen LogP contribution in [0, 0.1) is 6.92 Å². The maximum Gasteiger partial charge on any atom is 0.348 e. The second-order valence-electron chi connectivity index (χ2n) is 6.11. The van der Waals surface area contributed by atoms with Gasteiger partial charge in [-0.05, 0) is 41.6 Å². The molecule has 2 rings (SSSR count). The number of carboxylic acid groups (broad SMARTS) is 1. The van der Waals surface area contributed by atoms with Gasteiger partial charge in [0.25, 0.3) is 0 Å². The molecule has 0 aliphatic rings. The maximum absolute atomic E-state index is 12.2. The fourth-order valence-electron chi connectivity index (χ4n) is 2.28. The number of benzene rings is 1. The van der Waals surface area contributed by atoms with Crippen molar-refractivity contribution in [2.45, 2.75) is 33.6 Å². The molecule has 30 heavy (non-hydrogen) atoms. The molecule has 0 bridgehead atoms. The van der Waals surface area contributed by atoms with Gasteiger partial charge in [0.1, 0.15) is 4.88 Å². The van der Waals surface area contributed by atoms with Crippen molar-refractivity contribution in [2.24, 2.45) is 0 Å². The van der Waals surface area contributed by atoms with E-state index in [0.717, 1.165) is 11.3 Å². The first-order valence-corrected chi connectivity index (χ1v) is 9.98. The van der Waals surface area contributed by atoms with Gasteiger partial charge >= 0.3 is 17.9 Å². The molecule has 1 heterocycles. The number of hydrogen-bond donors (Lipinski definition) is 2. The van der Waals surface area contributed by atoms with Gasteiger partial charge in [-0.25, -0.2) is 4.79 Å². The van der Waals surface area contributed by atoms with E-state index in [1.807, 2.05) is 0 Å². The molecule has 0 unspecified atom stereocenters. The molecule has 0 aliphatic carbocycles. The lowest BCUT2D eigenvalue weighted by molar-refractivity contribution is -0.136. The highest BCUT2D eigenvalue weighted by Gasteiger charge is 2.17. The molecular formula is C21H21NO7S. The van der Waals surface area contributed by atoms with E-state index in [-0.39, 0.29) is 34.9 Å². The van der Waals surface area contributed by atoms with Crippen LogP contribution in [0.4, 0.5) is 5.69 Å². The summed E-state index contributed by atoms with van der Waals surface area (Å²) in [5, 5.41) is 13.4. The summed E-state index contributed by atoms with van der Waals surface area (Å²) in [5.41, 5.74) is 1.41. The predicted molar refractivity (Wildman–Crippen MR) is 112 cm³/mol. The topological polar surface area (TPSA) is 119 Å². The van der Waals surface area contributed by atoms with Crippen molar-refractivity contribution in [3.63, 3.8) is 0 Å². The van der Waals surface area contributed by atoms with E-state index in [9.17, 15) is 24.3 Å². The lowest BCUT2D eigenvalue weighted by Gasteiger charge is -2.10. The van der Waals surface area contributed by atoms with Crippen molar-refractivity contribution < 1.29 is 33.8 Å². The van der Waals surface area contributed by atoms with Gasteiger partial charge in [-0.3, -0.25) is 14.4 Å². The van der Waals surface area contributed by atoms with Crippen LogP contribution in [0.3, 0.4) is 0 Å². The Labute approximate surface area is 177 Å². The molecule has 1 aromatic carbocycles. The summed E-state index contributed by atoms with van der Waals surface area (Å²) in [6.07, 6.45) is 2.98. The van der Waals surface area contributed by atoms with Gasteiger partial charge in [-0.1, -0.05) is 19.9 Å². The van der Waals surface area contributed by atoms with Crippen LogP contribution in [0.15, 0.2) is 29.7 Å². The molecule has 0 saturated heterocycles. The van der Waals surface area contributed by atoms with Gasteiger partial charge in [0.15, 0.2) is 11.5 Å². The molecule has 0 saturated carbocycles. The highest BCUT2D eigenvalue weighted by Crippen LogP contribution is 2.30. The number of aromatic carboxylic acids is 1. The molecule has 0 radical (unpaired) electrons. The van der Waals surface area contributed by atoms with Crippen LogP contribution in [-0.2, 0) is 14.4 Å². The third-order valence-corrected chi connectivity index (χ3v) is 4.92. The van der Waals surface area contributed by atoms with Crippen molar-refractivity contribution in [1.82, 2.24) is 0 Å². The van der Waals surface area contributed by atoms with Crippen LogP contribution in [-0.4, -0.2) is 28.9 Å². The highest BCUT2D eigenvalue weighted by molar-refractivity contribution is 7.12. The van der Waals surface area contributed by atoms with Gasteiger partial charge in [0.2, 0.25) is 5.91 Å². The standard InChI is InChI=1S/C21H21NO7S/c1-4-17(24)28-14-8-6-13(10-15(14)29-18(25)5-2)7-9-16(23)22-19-12(3)11-30-20(19)21(26)27/h6-11H,4-5H2,1-3H3,(H,22,23)(H,26,27). The number of anilines is 1. The molecule has 2 N–H and O–H groups in total. The smallest absolute Gasteiger partial charge is 0.348 e. The van der Waals surface area contributed by atoms with Crippen LogP contribution < -0.4 is 14.8 Å². The molecule has 0 fully saturated rings. The Balaban J connectivity index is 2.21. The molecule has 0 atom stereocenters. The van der Waals surface area contributed by atoms with Crippen LogP contribution in [0.2, 0.25) is 0 Å². The fourth-order valence-corrected chi connectivity index (χ4v) is 3.12. The van der Waals surface area contributed by atoms with Crippen LogP contribution >= 0.6 is 11.3 Å². The number of aryl methyl sites for hydroxylation is 1. The zero-order valence-electron chi connectivity index (χ0n) is 16.7. The minimum Gasteiger partial charge on any atom is -0.477 e. The van der Waals surface area contributed by atoms with Crippen LogP contribution in [0.5, 0.6) is 11.5 Å². The number of nitrogens with one attached hydrogen (secondary N) is 1. The minimum atomic E-state index is -1.12. The number of carbonyl (C=O) groups is 4. The van der Waals surface area contributed by atoms with E-state index in [1.54, 1.807) is 32.2 Å². The molecule has 9 heteroatoms. The fraction of sp³-hybridized carbons (Fsp3) is 0.238. The number of amides is 1. The van der Waals surface area contributed by atoms with E-state index in [1.165, 1.54) is 24.3 Å². The van der Waals surface area contributed by atoms with Crippen molar-refractivity contribution in [2.75, 3.05) is 5.32 Å². The highest BCUT2D eigenvalue weighted by atomic mass is 32.1. The van der Waals surface area contributed by atoms with Gasteiger partial charge in [0.05, 0.1) is 5.69 Å². The normalized spacial score (nSPS) is 10.6. The molecule has 2 aromatic rings. The minimum absolute atomic E-state index is 0.0464. The maximum atomic E-state index is 12.2. The number of ether oxygens (including phenoxy) is 2. The van der Waals surface area contributed by atoms with Gasteiger partial charge in [-0.15, -0.1) is 11.3 Å². The summed E-state index contributed by atoms with van der Waals surface area (Å²) in [6.45, 7) is 4.97. The SMILES string of the molecule is CCC(=O)Oc1ccc(C=CC(=O)Nc2c(C)csc2C(=O)O)cc1OC(=O)CC. The number of rotatable bonds is 8. The predicted octanol–water partition coefficient (Wildman–Crippen LogP) is 4.04. The number of esters is 2. The third-order valence-electron chi connectivity index (χ3n) is 3.84. The summed E-state index contributed by atoms with van der Waals surface area (Å²) in [4.78, 5) is 46.8. The summed E-state index contributed by atoms with van der Waals surface area (Å²) in [7, 11) is 0. The van der Waals surface area contributed by atoms with E-state index in [0.29, 0.717) is 11.1 Å². The Kier molecular flexibility index (Phi) is 7.88. The Morgan fingerprint density at radius 3 is 2.30 bits per heavy atom. The largest absolute Gasteiger partial charge is 0.477 e. The zero-order chi connectivity index (χ0) is 22.3. The van der Waals surface area contributed by atoms with E-state index in [4.69, 9.17) is 9.47 Å². The van der Waals surface area contributed by atoms with E-state index >= 15 is 0 Å². The summed E-state index contributed by atoms with van der Waals surface area (Å²) < 4.78 is 10.4. The first-order valence-electron chi connectivity index (χ1n) is 9.11. The number of hydrogen-bond acceptors (Lipinski definition) is 7. The molecule has 1 amide bonds. The van der Waals surface area contributed by atoms with Crippen molar-refractivity contribution in [3.8, 4) is 11.5 Å². The molecular weight excluding hydrogens is 410 g/mol. The average molecular weight is 431 g/mol. The molecule has 1 aromatic heterocycles. The Morgan fingerprint density at radius 2 is 1.70 bits per heavy atom. The third kappa shape index (κ3) is 6.02. The monoisotopic (exact) mass is 431 g/mol. The first-order chi connectivity index (χ1) is 14.2. The van der Waals surface area contributed by atoms with Crippen molar-refractivity contribution in [1.29, 1.82) is 0 Å². The second-order valence-corrected chi connectivity index (χ2v) is 6.99. The number of carbonyl (C=O) groups excluding carboxylic acids is 3. The quantitative estimate of drug-likeness (QED) is 0.368. The Bertz CT molecular complexity index is 1010. The van der Waals surface area contributed by atoms with Gasteiger partial charge in [-0.2, -0.15) is 0 Å². The lowest BCUT2D eigenvalue weighted by Crippen LogP contribution is -2.11. The van der Waals surface area contributed by atoms with E-state index < -0.39 is 23.8 Å². The number of thiophene rings is 1. The molecule has 0 spiro atoms. The van der Waals surface area contributed by atoms with Crippen molar-refractivity contribution >= 4 is 46.9 Å². The molecule has 8 nitrogen and oxygen atoms in total. The molecule has 0 aliphatic heterocycles. The van der Waals surface area contributed by atoms with Crippen LogP contribution in [0.25, 0.3) is 6.08 Å².